The van der Waals surface area contributed by atoms with Crippen molar-refractivity contribution in [2.24, 2.45) is 5.92 Å². The zero-order chi connectivity index (χ0) is 14.8. The van der Waals surface area contributed by atoms with Crippen molar-refractivity contribution >= 4 is 10.0 Å². The largest absolute Gasteiger partial charge is 0.396 e. The Labute approximate surface area is 121 Å². The van der Waals surface area contributed by atoms with Gasteiger partial charge in [0.2, 0.25) is 10.0 Å². The minimum absolute atomic E-state index is 0.0471. The molecule has 0 spiro atoms. The Bertz CT molecular complexity index is 539. The number of aliphatic hydroxyl groups excluding tert-OH is 1. The first-order valence-corrected chi connectivity index (χ1v) is 8.62. The first-order chi connectivity index (χ1) is 9.46. The standard InChI is InChI=1S/C15H23NO3S/c1-12-4-3-10-16(13(12)2)20(18,19)15-7-5-14(6-8-15)9-11-17/h5-8,12-13,17H,3-4,9-11H2,1-2H3. The minimum atomic E-state index is -3.41. The Morgan fingerprint density at radius 3 is 2.50 bits per heavy atom. The van der Waals surface area contributed by atoms with Crippen molar-refractivity contribution in [1.82, 2.24) is 4.31 Å². The van der Waals surface area contributed by atoms with Gasteiger partial charge in [0.15, 0.2) is 0 Å². The monoisotopic (exact) mass is 297 g/mol. The minimum Gasteiger partial charge on any atom is -0.396 e. The Kier molecular flexibility index (Phi) is 4.83. The van der Waals surface area contributed by atoms with Gasteiger partial charge in [-0.05, 0) is 49.8 Å². The quantitative estimate of drug-likeness (QED) is 0.925. The van der Waals surface area contributed by atoms with Gasteiger partial charge in [-0.25, -0.2) is 8.42 Å². The summed E-state index contributed by atoms with van der Waals surface area (Å²) in [5.41, 5.74) is 0.950. The molecular formula is C15H23NO3S. The SMILES string of the molecule is CC1CCCN(S(=O)(=O)c2ccc(CCO)cc2)C1C. The van der Waals surface area contributed by atoms with E-state index in [9.17, 15) is 8.42 Å². The summed E-state index contributed by atoms with van der Waals surface area (Å²) in [5.74, 6) is 0.396. The molecule has 1 aromatic carbocycles. The van der Waals surface area contributed by atoms with Crippen LogP contribution in [0.1, 0.15) is 32.3 Å². The highest BCUT2D eigenvalue weighted by Gasteiger charge is 2.34. The fourth-order valence-electron chi connectivity index (χ4n) is 2.73. The average molecular weight is 297 g/mol. The highest BCUT2D eigenvalue weighted by atomic mass is 32.2. The summed E-state index contributed by atoms with van der Waals surface area (Å²) >= 11 is 0. The van der Waals surface area contributed by atoms with Gasteiger partial charge >= 0.3 is 0 Å². The molecule has 1 aromatic rings. The maximum atomic E-state index is 12.7. The number of nitrogens with zero attached hydrogens (tertiary/aromatic N) is 1. The fourth-order valence-corrected chi connectivity index (χ4v) is 4.50. The van der Waals surface area contributed by atoms with Crippen LogP contribution in [0.4, 0.5) is 0 Å². The van der Waals surface area contributed by atoms with Gasteiger partial charge in [0.05, 0.1) is 4.90 Å². The topological polar surface area (TPSA) is 57.6 Å². The van der Waals surface area contributed by atoms with Crippen molar-refractivity contribution < 1.29 is 13.5 Å². The molecule has 1 N–H and O–H groups in total. The van der Waals surface area contributed by atoms with Gasteiger partial charge in [-0.15, -0.1) is 0 Å². The Morgan fingerprint density at radius 2 is 1.90 bits per heavy atom. The van der Waals surface area contributed by atoms with Crippen molar-refractivity contribution in [1.29, 1.82) is 0 Å². The van der Waals surface area contributed by atoms with E-state index in [-0.39, 0.29) is 12.6 Å². The first kappa shape index (κ1) is 15.5. The third kappa shape index (κ3) is 3.05. The lowest BCUT2D eigenvalue weighted by molar-refractivity contribution is 0.202. The molecule has 2 atom stereocenters. The van der Waals surface area contributed by atoms with Crippen molar-refractivity contribution in [3.63, 3.8) is 0 Å². The number of benzene rings is 1. The van der Waals surface area contributed by atoms with E-state index in [0.29, 0.717) is 23.8 Å². The van der Waals surface area contributed by atoms with E-state index >= 15 is 0 Å². The van der Waals surface area contributed by atoms with Gasteiger partial charge in [0, 0.05) is 19.2 Å². The van der Waals surface area contributed by atoms with E-state index in [1.165, 1.54) is 0 Å². The Morgan fingerprint density at radius 1 is 1.25 bits per heavy atom. The number of aliphatic hydroxyl groups is 1. The third-order valence-corrected chi connectivity index (χ3v) is 6.25. The highest BCUT2D eigenvalue weighted by Crippen LogP contribution is 2.28. The molecule has 1 aliphatic heterocycles. The number of sulfonamides is 1. The molecule has 1 heterocycles. The zero-order valence-electron chi connectivity index (χ0n) is 12.1. The molecule has 0 aliphatic carbocycles. The summed E-state index contributed by atoms with van der Waals surface area (Å²) in [6.45, 7) is 4.78. The lowest BCUT2D eigenvalue weighted by Gasteiger charge is -2.36. The van der Waals surface area contributed by atoms with Crippen LogP contribution in [0.5, 0.6) is 0 Å². The van der Waals surface area contributed by atoms with Crippen LogP contribution < -0.4 is 0 Å². The predicted octanol–water partition coefficient (Wildman–Crippen LogP) is 2.03. The van der Waals surface area contributed by atoms with E-state index in [2.05, 4.69) is 6.92 Å². The van der Waals surface area contributed by atoms with E-state index in [0.717, 1.165) is 18.4 Å². The number of hydrogen-bond donors (Lipinski definition) is 1. The second kappa shape index (κ2) is 6.24. The van der Waals surface area contributed by atoms with Gasteiger partial charge in [0.1, 0.15) is 0 Å². The predicted molar refractivity (Wildman–Crippen MR) is 79.0 cm³/mol. The molecule has 2 rings (SSSR count). The van der Waals surface area contributed by atoms with Crippen LogP contribution >= 0.6 is 0 Å². The molecule has 1 aliphatic rings. The highest BCUT2D eigenvalue weighted by molar-refractivity contribution is 7.89. The molecule has 20 heavy (non-hydrogen) atoms. The van der Waals surface area contributed by atoms with Gasteiger partial charge in [0.25, 0.3) is 0 Å². The molecule has 0 bridgehead atoms. The van der Waals surface area contributed by atoms with Crippen molar-refractivity contribution in [3.8, 4) is 0 Å². The fraction of sp³-hybridized carbons (Fsp3) is 0.600. The Balaban J connectivity index is 2.25. The van der Waals surface area contributed by atoms with Crippen molar-refractivity contribution in [2.75, 3.05) is 13.2 Å². The molecule has 4 nitrogen and oxygen atoms in total. The Hall–Kier alpha value is -0.910. The molecule has 1 saturated heterocycles. The number of rotatable bonds is 4. The maximum Gasteiger partial charge on any atom is 0.243 e. The van der Waals surface area contributed by atoms with Crippen LogP contribution in [0.25, 0.3) is 0 Å². The molecule has 5 heteroatoms. The van der Waals surface area contributed by atoms with Crippen LogP contribution in [0.2, 0.25) is 0 Å². The summed E-state index contributed by atoms with van der Waals surface area (Å²) in [6, 6.07) is 6.90. The molecule has 112 valence electrons. The van der Waals surface area contributed by atoms with Crippen LogP contribution in [0.15, 0.2) is 29.2 Å². The normalized spacial score (nSPS) is 24.8. The third-order valence-electron chi connectivity index (χ3n) is 4.25. The van der Waals surface area contributed by atoms with E-state index in [4.69, 9.17) is 5.11 Å². The van der Waals surface area contributed by atoms with Gasteiger partial charge in [-0.3, -0.25) is 0 Å². The molecule has 1 fully saturated rings. The molecule has 2 unspecified atom stereocenters. The van der Waals surface area contributed by atoms with E-state index in [1.807, 2.05) is 6.92 Å². The summed E-state index contributed by atoms with van der Waals surface area (Å²) in [4.78, 5) is 0.347. The maximum absolute atomic E-state index is 12.7. The summed E-state index contributed by atoms with van der Waals surface area (Å²) in [7, 11) is -3.41. The van der Waals surface area contributed by atoms with Gasteiger partial charge in [-0.2, -0.15) is 4.31 Å². The molecule has 0 amide bonds. The van der Waals surface area contributed by atoms with Crippen LogP contribution in [-0.4, -0.2) is 37.0 Å². The second-order valence-electron chi connectivity index (χ2n) is 5.59. The smallest absolute Gasteiger partial charge is 0.243 e. The summed E-state index contributed by atoms with van der Waals surface area (Å²) in [5, 5.41) is 8.89. The summed E-state index contributed by atoms with van der Waals surface area (Å²) < 4.78 is 27.0. The second-order valence-corrected chi connectivity index (χ2v) is 7.48. The first-order valence-electron chi connectivity index (χ1n) is 7.18. The molecule has 0 radical (unpaired) electrons. The van der Waals surface area contributed by atoms with E-state index < -0.39 is 10.0 Å². The zero-order valence-corrected chi connectivity index (χ0v) is 12.9. The number of piperidine rings is 1. The van der Waals surface area contributed by atoms with E-state index in [1.54, 1.807) is 28.6 Å². The van der Waals surface area contributed by atoms with Crippen LogP contribution in [0.3, 0.4) is 0 Å². The number of hydrogen-bond acceptors (Lipinski definition) is 3. The van der Waals surface area contributed by atoms with Crippen LogP contribution in [0, 0.1) is 5.92 Å². The summed E-state index contributed by atoms with van der Waals surface area (Å²) in [6.07, 6.45) is 2.56. The van der Waals surface area contributed by atoms with Gasteiger partial charge < -0.3 is 5.11 Å². The van der Waals surface area contributed by atoms with Crippen LogP contribution in [-0.2, 0) is 16.4 Å². The van der Waals surface area contributed by atoms with Crippen molar-refractivity contribution in [2.45, 2.75) is 44.0 Å². The molecular weight excluding hydrogens is 274 g/mol. The molecule has 0 aromatic heterocycles. The average Bonchev–Trinajstić information content (AvgIpc) is 2.42. The lowest BCUT2D eigenvalue weighted by atomic mass is 9.94. The lowest BCUT2D eigenvalue weighted by Crippen LogP contribution is -2.45. The molecule has 0 saturated carbocycles. The van der Waals surface area contributed by atoms with Gasteiger partial charge in [-0.1, -0.05) is 19.1 Å². The van der Waals surface area contributed by atoms with Crippen molar-refractivity contribution in [3.05, 3.63) is 29.8 Å².